The maximum atomic E-state index is 12.4. The van der Waals surface area contributed by atoms with Gasteiger partial charge in [0.15, 0.2) is 6.61 Å². The van der Waals surface area contributed by atoms with Gasteiger partial charge in [0.1, 0.15) is 5.75 Å². The normalized spacial score (nSPS) is 15.5. The lowest BCUT2D eigenvalue weighted by molar-refractivity contribution is -0.124. The van der Waals surface area contributed by atoms with E-state index in [1.54, 1.807) is 0 Å². The van der Waals surface area contributed by atoms with Crippen LogP contribution in [0.2, 0.25) is 0 Å². The molecule has 0 unspecified atom stereocenters. The number of nitrogens with one attached hydrogen (secondary N) is 1. The number of piperidine rings is 1. The lowest BCUT2D eigenvalue weighted by atomic mass is 10.0. The fourth-order valence-corrected chi connectivity index (χ4v) is 3.80. The van der Waals surface area contributed by atoms with E-state index in [1.165, 1.54) is 5.56 Å². The SMILES string of the molecule is CC(C)CN1CCC(NC(=O)COc2ccccc2Cc2ccccc2)CC1. The van der Waals surface area contributed by atoms with E-state index in [1.807, 2.05) is 36.4 Å². The Balaban J connectivity index is 1.46. The molecule has 1 fully saturated rings. The summed E-state index contributed by atoms with van der Waals surface area (Å²) >= 11 is 0. The molecule has 0 saturated carbocycles. The van der Waals surface area contributed by atoms with Gasteiger partial charge in [0.05, 0.1) is 0 Å². The largest absolute Gasteiger partial charge is 0.483 e. The van der Waals surface area contributed by atoms with Crippen molar-refractivity contribution in [3.8, 4) is 5.75 Å². The van der Waals surface area contributed by atoms with E-state index in [0.717, 1.165) is 50.2 Å². The van der Waals surface area contributed by atoms with Gasteiger partial charge in [0.25, 0.3) is 5.91 Å². The predicted molar refractivity (Wildman–Crippen MR) is 114 cm³/mol. The van der Waals surface area contributed by atoms with Crippen molar-refractivity contribution in [2.45, 2.75) is 39.2 Å². The minimum absolute atomic E-state index is 0.0307. The molecule has 1 N–H and O–H groups in total. The first-order valence-electron chi connectivity index (χ1n) is 10.4. The highest BCUT2D eigenvalue weighted by Crippen LogP contribution is 2.21. The molecule has 1 saturated heterocycles. The van der Waals surface area contributed by atoms with Crippen LogP contribution in [0.1, 0.15) is 37.8 Å². The number of hydrogen-bond donors (Lipinski definition) is 1. The Morgan fingerprint density at radius 3 is 2.46 bits per heavy atom. The molecule has 1 heterocycles. The number of benzene rings is 2. The Hall–Kier alpha value is -2.33. The predicted octanol–water partition coefficient (Wildman–Crippen LogP) is 3.89. The van der Waals surface area contributed by atoms with Crippen molar-refractivity contribution in [2.24, 2.45) is 5.92 Å². The molecule has 0 aromatic heterocycles. The Morgan fingerprint density at radius 1 is 1.07 bits per heavy atom. The summed E-state index contributed by atoms with van der Waals surface area (Å²) in [6, 6.07) is 18.5. The fourth-order valence-electron chi connectivity index (χ4n) is 3.80. The molecule has 0 bridgehead atoms. The number of likely N-dealkylation sites (tertiary alicyclic amines) is 1. The average molecular weight is 381 g/mol. The van der Waals surface area contributed by atoms with Gasteiger partial charge in [-0.3, -0.25) is 4.79 Å². The summed E-state index contributed by atoms with van der Waals surface area (Å²) in [5, 5.41) is 3.14. The van der Waals surface area contributed by atoms with Crippen molar-refractivity contribution in [1.29, 1.82) is 0 Å². The minimum Gasteiger partial charge on any atom is -0.483 e. The van der Waals surface area contributed by atoms with Gasteiger partial charge in [0, 0.05) is 32.1 Å². The van der Waals surface area contributed by atoms with Crippen LogP contribution in [0.25, 0.3) is 0 Å². The lowest BCUT2D eigenvalue weighted by Crippen LogP contribution is -2.46. The zero-order valence-electron chi connectivity index (χ0n) is 17.1. The number of nitrogens with zero attached hydrogens (tertiary/aromatic N) is 1. The first-order chi connectivity index (χ1) is 13.6. The standard InChI is InChI=1S/C24H32N2O2/c1-19(2)17-26-14-12-22(13-15-26)25-24(27)18-28-23-11-7-6-10-21(23)16-20-8-4-3-5-9-20/h3-11,19,22H,12-18H2,1-2H3,(H,25,27). The van der Waals surface area contributed by atoms with Gasteiger partial charge in [-0.05, 0) is 36.0 Å². The van der Waals surface area contributed by atoms with Crippen molar-refractivity contribution >= 4 is 5.91 Å². The van der Waals surface area contributed by atoms with Crippen LogP contribution in [-0.2, 0) is 11.2 Å². The molecule has 0 spiro atoms. The molecule has 0 atom stereocenters. The van der Waals surface area contributed by atoms with Crippen LogP contribution in [0.15, 0.2) is 54.6 Å². The minimum atomic E-state index is -0.0307. The molecule has 0 radical (unpaired) electrons. The van der Waals surface area contributed by atoms with Crippen LogP contribution in [0, 0.1) is 5.92 Å². The molecular formula is C24H32N2O2. The van der Waals surface area contributed by atoms with E-state index >= 15 is 0 Å². The lowest BCUT2D eigenvalue weighted by Gasteiger charge is -2.33. The third kappa shape index (κ3) is 6.38. The van der Waals surface area contributed by atoms with Crippen LogP contribution in [-0.4, -0.2) is 43.1 Å². The highest BCUT2D eigenvalue weighted by Gasteiger charge is 2.21. The molecule has 3 rings (SSSR count). The summed E-state index contributed by atoms with van der Waals surface area (Å²) in [5.74, 6) is 1.44. The monoisotopic (exact) mass is 380 g/mol. The molecule has 0 aliphatic carbocycles. The Labute approximate surface area is 168 Å². The smallest absolute Gasteiger partial charge is 0.258 e. The van der Waals surface area contributed by atoms with E-state index in [-0.39, 0.29) is 18.6 Å². The quantitative estimate of drug-likeness (QED) is 0.755. The number of para-hydroxylation sites is 1. The Bertz CT molecular complexity index is 737. The second-order valence-electron chi connectivity index (χ2n) is 8.10. The molecule has 4 heteroatoms. The van der Waals surface area contributed by atoms with E-state index in [4.69, 9.17) is 4.74 Å². The van der Waals surface area contributed by atoms with Crippen molar-refractivity contribution < 1.29 is 9.53 Å². The number of hydrogen-bond acceptors (Lipinski definition) is 3. The Kier molecular flexibility index (Phi) is 7.49. The molecule has 1 aliphatic heterocycles. The van der Waals surface area contributed by atoms with E-state index in [0.29, 0.717) is 5.92 Å². The Morgan fingerprint density at radius 2 is 1.75 bits per heavy atom. The van der Waals surface area contributed by atoms with Gasteiger partial charge in [-0.25, -0.2) is 0 Å². The van der Waals surface area contributed by atoms with Gasteiger partial charge in [-0.2, -0.15) is 0 Å². The van der Waals surface area contributed by atoms with Crippen molar-refractivity contribution in [3.63, 3.8) is 0 Å². The number of rotatable bonds is 8. The van der Waals surface area contributed by atoms with E-state index < -0.39 is 0 Å². The molecule has 1 amide bonds. The highest BCUT2D eigenvalue weighted by atomic mass is 16.5. The summed E-state index contributed by atoms with van der Waals surface area (Å²) < 4.78 is 5.86. The van der Waals surface area contributed by atoms with Gasteiger partial charge < -0.3 is 15.0 Å². The number of amides is 1. The van der Waals surface area contributed by atoms with Gasteiger partial charge >= 0.3 is 0 Å². The first-order valence-corrected chi connectivity index (χ1v) is 10.4. The topological polar surface area (TPSA) is 41.6 Å². The molecule has 1 aliphatic rings. The summed E-state index contributed by atoms with van der Waals surface area (Å²) in [6.45, 7) is 7.83. The summed E-state index contributed by atoms with van der Waals surface area (Å²) in [5.41, 5.74) is 2.33. The van der Waals surface area contributed by atoms with Crippen molar-refractivity contribution in [3.05, 3.63) is 65.7 Å². The van der Waals surface area contributed by atoms with Crippen LogP contribution in [0.5, 0.6) is 5.75 Å². The number of carbonyl (C=O) groups excluding carboxylic acids is 1. The highest BCUT2D eigenvalue weighted by molar-refractivity contribution is 5.77. The van der Waals surface area contributed by atoms with Crippen molar-refractivity contribution in [1.82, 2.24) is 10.2 Å². The van der Waals surface area contributed by atoms with Gasteiger partial charge in [0.2, 0.25) is 0 Å². The fraction of sp³-hybridized carbons (Fsp3) is 0.458. The third-order valence-electron chi connectivity index (χ3n) is 5.14. The number of ether oxygens (including phenoxy) is 1. The second kappa shape index (κ2) is 10.3. The van der Waals surface area contributed by atoms with Crippen LogP contribution >= 0.6 is 0 Å². The molecule has 2 aromatic rings. The number of carbonyl (C=O) groups is 1. The maximum absolute atomic E-state index is 12.4. The van der Waals surface area contributed by atoms with Crippen LogP contribution < -0.4 is 10.1 Å². The van der Waals surface area contributed by atoms with Gasteiger partial charge in [-0.15, -0.1) is 0 Å². The molecule has 150 valence electrons. The third-order valence-corrected chi connectivity index (χ3v) is 5.14. The van der Waals surface area contributed by atoms with Gasteiger partial charge in [-0.1, -0.05) is 62.4 Å². The van der Waals surface area contributed by atoms with E-state index in [2.05, 4.69) is 42.3 Å². The van der Waals surface area contributed by atoms with Crippen LogP contribution in [0.3, 0.4) is 0 Å². The van der Waals surface area contributed by atoms with Crippen molar-refractivity contribution in [2.75, 3.05) is 26.2 Å². The molecular weight excluding hydrogens is 348 g/mol. The van der Waals surface area contributed by atoms with E-state index in [9.17, 15) is 4.79 Å². The average Bonchev–Trinajstić information content (AvgIpc) is 2.69. The second-order valence-corrected chi connectivity index (χ2v) is 8.10. The molecule has 4 nitrogen and oxygen atoms in total. The maximum Gasteiger partial charge on any atom is 0.258 e. The molecule has 2 aromatic carbocycles. The zero-order chi connectivity index (χ0) is 19.8. The summed E-state index contributed by atoms with van der Waals surface area (Å²) in [4.78, 5) is 14.9. The molecule has 28 heavy (non-hydrogen) atoms. The first kappa shape index (κ1) is 20.4. The zero-order valence-corrected chi connectivity index (χ0v) is 17.1. The summed E-state index contributed by atoms with van der Waals surface area (Å²) in [7, 11) is 0. The van der Waals surface area contributed by atoms with Crippen LogP contribution in [0.4, 0.5) is 0 Å². The summed E-state index contributed by atoms with van der Waals surface area (Å²) in [6.07, 6.45) is 2.83.